The molecule has 6 aliphatic heterocycles. The number of amides is 8. The number of urea groups is 2. The van der Waals surface area contributed by atoms with E-state index in [9.17, 15) is 45.6 Å². The standard InChI is InChI=1S/C29H39N5O5S.C19H31N3O3S.C10H9BrN2O2/c1-3-4-5-21-6-8-23(9-7-21)26-31-27(36)29(32-26)13-15-33(16-14-29)40(38,39)17-12-22-10-11-24(18-20(22)2)34-25(35)19-30-28(34)37;1-3-5-6-15-7-9-16(10-8-15)17-20-18(23)19(21-17)11-13-22(14-12-19)26(24,25)4-2;1-6-4-7(2-3-8(6)11)13-9(14)5-12-10(13)15/h10-12,17-18,21,23H,3-9,13-16,19H2,1-2H3,(H,30,37)(H,31,32,36);4,15-16H,2-3,5-14H2,1H3,(H,20,21,23);2-4H,5H2,1H3,(H,12,15)/b17-12+;;. The number of hydrogen-bond acceptors (Lipinski definition) is 12. The molecule has 81 heavy (non-hydrogen) atoms. The Morgan fingerprint density at radius 1 is 0.617 bits per heavy atom. The molecule has 6 fully saturated rings. The van der Waals surface area contributed by atoms with E-state index in [1.54, 1.807) is 37.3 Å². The molecule has 8 aliphatic rings. The largest absolute Gasteiger partial charge is 0.329 e. The monoisotopic (exact) mass is 1220 g/mol. The molecule has 0 atom stereocenters. The predicted octanol–water partition coefficient (Wildman–Crippen LogP) is 8.34. The summed E-state index contributed by atoms with van der Waals surface area (Å²) in [6, 6.07) is 9.53. The molecule has 23 heteroatoms. The van der Waals surface area contributed by atoms with Crippen molar-refractivity contribution in [1.29, 1.82) is 0 Å². The lowest BCUT2D eigenvalue weighted by Gasteiger charge is -2.34. The van der Waals surface area contributed by atoms with Crippen molar-refractivity contribution in [1.82, 2.24) is 29.9 Å². The average Bonchev–Trinajstić information content (AvgIpc) is 4.26. The van der Waals surface area contributed by atoms with Gasteiger partial charge in [0.05, 0.1) is 24.5 Å². The first-order valence-electron chi connectivity index (χ1n) is 28.8. The van der Waals surface area contributed by atoms with Gasteiger partial charge in [0, 0.05) is 53.3 Å². The highest BCUT2D eigenvalue weighted by Crippen LogP contribution is 2.39. The highest BCUT2D eigenvalue weighted by Gasteiger charge is 2.50. The number of halogens is 1. The van der Waals surface area contributed by atoms with Crippen molar-refractivity contribution in [3.05, 3.63) is 75.0 Å². The van der Waals surface area contributed by atoms with Crippen LogP contribution in [-0.2, 0) is 39.2 Å². The topological polar surface area (TPSA) is 256 Å². The molecule has 6 heterocycles. The summed E-state index contributed by atoms with van der Waals surface area (Å²) < 4.78 is 53.9. The molecule has 4 N–H and O–H groups in total. The Balaban J connectivity index is 0.000000178. The van der Waals surface area contributed by atoms with Crippen molar-refractivity contribution >= 4 is 101 Å². The van der Waals surface area contributed by atoms with Gasteiger partial charge in [-0.05, 0) is 156 Å². The molecule has 0 bridgehead atoms. The smallest absolute Gasteiger partial charge is 0.328 e. The number of sulfonamides is 2. The fourth-order valence-electron chi connectivity index (χ4n) is 12.3. The van der Waals surface area contributed by atoms with E-state index in [0.717, 1.165) is 80.0 Å². The van der Waals surface area contributed by atoms with Crippen molar-refractivity contribution in [2.45, 2.75) is 154 Å². The van der Waals surface area contributed by atoms with E-state index in [2.05, 4.69) is 57.6 Å². The van der Waals surface area contributed by atoms with Gasteiger partial charge in [0.1, 0.15) is 22.7 Å². The summed E-state index contributed by atoms with van der Waals surface area (Å²) in [4.78, 5) is 84.3. The molecule has 0 radical (unpaired) electrons. The van der Waals surface area contributed by atoms with Gasteiger partial charge in [-0.1, -0.05) is 80.9 Å². The lowest BCUT2D eigenvalue weighted by Crippen LogP contribution is -2.50. The van der Waals surface area contributed by atoms with Gasteiger partial charge in [0.25, 0.3) is 23.6 Å². The van der Waals surface area contributed by atoms with E-state index in [0.29, 0.717) is 67.5 Å². The molecule has 2 spiro atoms. The van der Waals surface area contributed by atoms with Crippen LogP contribution in [0, 0.1) is 37.5 Å². The molecule has 440 valence electrons. The van der Waals surface area contributed by atoms with Gasteiger partial charge < -0.3 is 21.3 Å². The van der Waals surface area contributed by atoms with Crippen LogP contribution in [0.5, 0.6) is 0 Å². The lowest BCUT2D eigenvalue weighted by atomic mass is 9.79. The van der Waals surface area contributed by atoms with Crippen LogP contribution in [0.25, 0.3) is 6.08 Å². The molecule has 8 amide bonds. The van der Waals surface area contributed by atoms with Gasteiger partial charge in [0.15, 0.2) is 0 Å². The molecule has 2 aromatic rings. The van der Waals surface area contributed by atoms with Crippen molar-refractivity contribution in [3.63, 3.8) is 0 Å². The first-order valence-corrected chi connectivity index (χ1v) is 32.6. The summed E-state index contributed by atoms with van der Waals surface area (Å²) in [5.74, 6) is 3.21. The van der Waals surface area contributed by atoms with Gasteiger partial charge in [-0.3, -0.25) is 29.2 Å². The first kappa shape index (κ1) is 61.5. The Hall–Kier alpha value is -5.62. The zero-order valence-electron chi connectivity index (χ0n) is 47.1. The molecule has 0 aromatic heterocycles. The summed E-state index contributed by atoms with van der Waals surface area (Å²) in [6.45, 7) is 12.7. The number of rotatable bonds is 15. The van der Waals surface area contributed by atoms with Gasteiger partial charge in [-0.25, -0.2) is 36.2 Å². The number of imide groups is 2. The highest BCUT2D eigenvalue weighted by molar-refractivity contribution is 9.10. The van der Waals surface area contributed by atoms with E-state index in [-0.39, 0.29) is 55.8 Å². The maximum Gasteiger partial charge on any atom is 0.329 e. The second kappa shape index (κ2) is 26.3. The molecule has 20 nitrogen and oxygen atoms in total. The molecule has 2 saturated carbocycles. The van der Waals surface area contributed by atoms with Crippen molar-refractivity contribution in [2.24, 2.45) is 33.7 Å². The summed E-state index contributed by atoms with van der Waals surface area (Å²) in [7, 11) is -7.13. The summed E-state index contributed by atoms with van der Waals surface area (Å²) in [5.41, 5.74) is 1.81. The molecular weight excluding hydrogens is 1140 g/mol. The SMILES string of the molecule is C=CS(=O)(=O)N1CCC2(CC1)N=C(C1CCC(CCCC)CC1)NC2=O.CCCCC1CCC(C2=NC3(CCN(S(=O)(=O)/C=C/c4ccc(N5C(=O)CNC5=O)cc4C)CC3)C(=O)N2)CC1.Cc1cc(N2C(=O)CNC2=O)ccc1Br. The number of hydrogen-bond donors (Lipinski definition) is 4. The van der Waals surface area contributed by atoms with Crippen LogP contribution in [0.15, 0.2) is 68.3 Å². The number of piperidine rings is 2. The van der Waals surface area contributed by atoms with Crippen molar-refractivity contribution in [2.75, 3.05) is 49.1 Å². The third-order valence-electron chi connectivity index (χ3n) is 17.4. The number of carbonyl (C=O) groups excluding carboxylic acids is 6. The lowest BCUT2D eigenvalue weighted by molar-refractivity contribution is -0.125. The Morgan fingerprint density at radius 3 is 1.42 bits per heavy atom. The minimum Gasteiger partial charge on any atom is -0.328 e. The number of amidine groups is 2. The Labute approximate surface area is 485 Å². The number of anilines is 2. The van der Waals surface area contributed by atoms with Crippen LogP contribution in [0.3, 0.4) is 0 Å². The van der Waals surface area contributed by atoms with Gasteiger partial charge in [0.2, 0.25) is 20.0 Å². The van der Waals surface area contributed by atoms with E-state index in [1.807, 2.05) is 13.0 Å². The normalized spacial score (nSPS) is 25.0. The second-order valence-electron chi connectivity index (χ2n) is 22.8. The van der Waals surface area contributed by atoms with E-state index in [4.69, 9.17) is 9.98 Å². The zero-order chi connectivity index (χ0) is 58.3. The maximum atomic E-state index is 13.1. The molecule has 2 aliphatic carbocycles. The molecular formula is C58H79BrN10O10S2. The van der Waals surface area contributed by atoms with Crippen LogP contribution in [-0.4, -0.2) is 123 Å². The number of unbranched alkanes of at least 4 members (excludes halogenated alkanes) is 2. The van der Waals surface area contributed by atoms with Crippen LogP contribution in [0.1, 0.15) is 146 Å². The minimum atomic E-state index is -3.71. The van der Waals surface area contributed by atoms with Gasteiger partial charge in [-0.2, -0.15) is 8.61 Å². The van der Waals surface area contributed by atoms with Crippen LogP contribution in [0.2, 0.25) is 0 Å². The highest BCUT2D eigenvalue weighted by atomic mass is 79.9. The fraction of sp³-hybridized carbons (Fsp3) is 0.586. The molecule has 0 unspecified atom stereocenters. The third kappa shape index (κ3) is 14.2. The molecule has 10 rings (SSSR count). The summed E-state index contributed by atoms with van der Waals surface area (Å²) in [5, 5.41) is 13.2. The van der Waals surface area contributed by atoms with Crippen molar-refractivity contribution < 1.29 is 45.6 Å². The Kier molecular flexibility index (Phi) is 20.0. The molecule has 4 saturated heterocycles. The number of aryl methyl sites for hydroxylation is 2. The Bertz CT molecular complexity index is 3030. The summed E-state index contributed by atoms with van der Waals surface area (Å²) >= 11 is 3.36. The first-order chi connectivity index (χ1) is 38.6. The number of benzene rings is 2. The maximum absolute atomic E-state index is 13.1. The van der Waals surface area contributed by atoms with Crippen LogP contribution in [0.4, 0.5) is 21.0 Å². The van der Waals surface area contributed by atoms with Crippen LogP contribution < -0.4 is 31.1 Å². The van der Waals surface area contributed by atoms with E-state index < -0.39 is 37.2 Å². The summed E-state index contributed by atoms with van der Waals surface area (Å²) in [6.07, 6.45) is 19.9. The Morgan fingerprint density at radius 2 is 1.04 bits per heavy atom. The van der Waals surface area contributed by atoms with E-state index >= 15 is 0 Å². The quantitative estimate of drug-likeness (QED) is 0.124. The number of aliphatic imine (C=N–C) groups is 2. The third-order valence-corrected chi connectivity index (χ3v) is 21.4. The number of carbonyl (C=O) groups is 6. The predicted molar refractivity (Wildman–Crippen MR) is 317 cm³/mol. The number of nitrogens with one attached hydrogen (secondary N) is 4. The zero-order valence-corrected chi connectivity index (χ0v) is 50.4. The van der Waals surface area contributed by atoms with Crippen LogP contribution >= 0.6 is 15.9 Å². The van der Waals surface area contributed by atoms with E-state index in [1.165, 1.54) is 84.3 Å². The molecule has 2 aromatic carbocycles. The van der Waals surface area contributed by atoms with Gasteiger partial charge in [-0.15, -0.1) is 0 Å². The average molecular weight is 1220 g/mol. The van der Waals surface area contributed by atoms with Crippen molar-refractivity contribution in [3.8, 4) is 0 Å². The second-order valence-corrected chi connectivity index (χ2v) is 27.3. The number of nitrogens with zero attached hydrogens (tertiary/aromatic N) is 6. The van der Waals surface area contributed by atoms with Gasteiger partial charge >= 0.3 is 12.1 Å². The fourth-order valence-corrected chi connectivity index (χ4v) is 14.6. The minimum absolute atomic E-state index is 0.0384.